The van der Waals surface area contributed by atoms with Crippen LogP contribution in [-0.4, -0.2) is 12.7 Å². The SMILES string of the molecule is CC(C)C1=CC2=CCC3[C@@](C)(CCC4CO4)CCC[C@]3(C)[C@@H]2CC1. The highest BCUT2D eigenvalue weighted by atomic mass is 16.6. The Balaban J connectivity index is 1.60. The van der Waals surface area contributed by atoms with E-state index in [4.69, 9.17) is 4.74 Å². The van der Waals surface area contributed by atoms with Crippen LogP contribution in [0.3, 0.4) is 0 Å². The van der Waals surface area contributed by atoms with E-state index in [0.717, 1.165) is 18.4 Å². The van der Waals surface area contributed by atoms with E-state index in [0.29, 0.717) is 22.9 Å². The largest absolute Gasteiger partial charge is 0.373 e. The van der Waals surface area contributed by atoms with E-state index in [1.54, 1.807) is 11.1 Å². The van der Waals surface area contributed by atoms with Crippen molar-refractivity contribution in [3.8, 4) is 0 Å². The first kappa shape index (κ1) is 16.9. The van der Waals surface area contributed by atoms with Crippen molar-refractivity contribution in [1.82, 2.24) is 0 Å². The third kappa shape index (κ3) is 2.81. The molecule has 0 amide bonds. The van der Waals surface area contributed by atoms with Gasteiger partial charge in [-0.05, 0) is 79.1 Å². The van der Waals surface area contributed by atoms with E-state index in [1.165, 1.54) is 51.4 Å². The molecule has 4 aliphatic rings. The number of epoxide rings is 1. The van der Waals surface area contributed by atoms with Crippen molar-refractivity contribution in [2.45, 2.75) is 85.2 Å². The van der Waals surface area contributed by atoms with Crippen molar-refractivity contribution in [2.24, 2.45) is 28.6 Å². The molecule has 1 aliphatic heterocycles. The molecule has 134 valence electrons. The van der Waals surface area contributed by atoms with E-state index < -0.39 is 0 Å². The van der Waals surface area contributed by atoms with Crippen LogP contribution in [-0.2, 0) is 4.74 Å². The Morgan fingerprint density at radius 1 is 1.25 bits per heavy atom. The fourth-order valence-corrected chi connectivity index (χ4v) is 6.50. The van der Waals surface area contributed by atoms with Gasteiger partial charge in [0, 0.05) is 0 Å². The second-order valence-corrected chi connectivity index (χ2v) is 9.97. The van der Waals surface area contributed by atoms with Crippen molar-refractivity contribution in [3.05, 3.63) is 23.3 Å². The lowest BCUT2D eigenvalue weighted by Gasteiger charge is -2.58. The minimum atomic E-state index is 0.528. The van der Waals surface area contributed by atoms with Crippen molar-refractivity contribution in [3.63, 3.8) is 0 Å². The Bertz CT molecular complexity index is 552. The van der Waals surface area contributed by atoms with Gasteiger partial charge in [-0.3, -0.25) is 0 Å². The fourth-order valence-electron chi connectivity index (χ4n) is 6.50. The smallest absolute Gasteiger partial charge is 0.0810 e. The lowest BCUT2D eigenvalue weighted by Crippen LogP contribution is -2.50. The molecule has 1 heterocycles. The standard InChI is InChI=1S/C23H36O/c1-16(2)17-6-8-20-18(14-17)7-9-21-22(3,13-10-19-15-24-19)11-5-12-23(20,21)4/h7,14,16,19-21H,5-6,8-13,15H2,1-4H3/t19?,20-,21?,22-,23-/m1/s1. The molecule has 0 radical (unpaired) electrons. The molecule has 1 saturated heterocycles. The van der Waals surface area contributed by atoms with Gasteiger partial charge < -0.3 is 4.74 Å². The molecule has 5 atom stereocenters. The van der Waals surface area contributed by atoms with Crippen LogP contribution in [0.4, 0.5) is 0 Å². The molecule has 0 spiro atoms. The van der Waals surface area contributed by atoms with E-state index in [-0.39, 0.29) is 0 Å². The molecule has 2 unspecified atom stereocenters. The highest BCUT2D eigenvalue weighted by Gasteiger charge is 2.54. The van der Waals surface area contributed by atoms with Gasteiger partial charge in [-0.1, -0.05) is 51.8 Å². The van der Waals surface area contributed by atoms with Crippen molar-refractivity contribution >= 4 is 0 Å². The van der Waals surface area contributed by atoms with Gasteiger partial charge in [-0.2, -0.15) is 0 Å². The molecule has 3 aliphatic carbocycles. The van der Waals surface area contributed by atoms with Gasteiger partial charge in [-0.25, -0.2) is 0 Å². The average Bonchev–Trinajstić information content (AvgIpc) is 3.37. The molecule has 24 heavy (non-hydrogen) atoms. The van der Waals surface area contributed by atoms with Crippen LogP contribution in [0.25, 0.3) is 0 Å². The molecule has 0 aromatic carbocycles. The monoisotopic (exact) mass is 328 g/mol. The maximum absolute atomic E-state index is 5.51. The Morgan fingerprint density at radius 2 is 2.04 bits per heavy atom. The summed E-state index contributed by atoms with van der Waals surface area (Å²) >= 11 is 0. The number of rotatable bonds is 4. The van der Waals surface area contributed by atoms with E-state index >= 15 is 0 Å². The number of hydrogen-bond acceptors (Lipinski definition) is 1. The summed E-state index contributed by atoms with van der Waals surface area (Å²) < 4.78 is 5.51. The summed E-state index contributed by atoms with van der Waals surface area (Å²) in [6.45, 7) is 11.0. The first-order chi connectivity index (χ1) is 11.4. The normalized spacial score (nSPS) is 44.5. The predicted octanol–water partition coefficient (Wildman–Crippen LogP) is 6.30. The Morgan fingerprint density at radius 3 is 2.75 bits per heavy atom. The van der Waals surface area contributed by atoms with Gasteiger partial charge in [0.2, 0.25) is 0 Å². The molecule has 1 nitrogen and oxygen atoms in total. The molecule has 1 saturated carbocycles. The molecular formula is C23H36O. The molecule has 0 aromatic heterocycles. The van der Waals surface area contributed by atoms with E-state index in [2.05, 4.69) is 39.8 Å². The van der Waals surface area contributed by atoms with E-state index in [1.807, 2.05) is 0 Å². The second kappa shape index (κ2) is 6.01. The highest BCUT2D eigenvalue weighted by Crippen LogP contribution is 2.63. The third-order valence-corrected chi connectivity index (χ3v) is 8.14. The zero-order valence-corrected chi connectivity index (χ0v) is 16.2. The zero-order chi connectivity index (χ0) is 16.9. The fraction of sp³-hybridized carbons (Fsp3) is 0.826. The summed E-state index contributed by atoms with van der Waals surface area (Å²) in [6, 6.07) is 0. The summed E-state index contributed by atoms with van der Waals surface area (Å²) in [5.41, 5.74) is 4.44. The first-order valence-electron chi connectivity index (χ1n) is 10.4. The number of ether oxygens (including phenoxy) is 1. The third-order valence-electron chi connectivity index (χ3n) is 8.14. The number of allylic oxidation sites excluding steroid dienone is 4. The van der Waals surface area contributed by atoms with Crippen LogP contribution >= 0.6 is 0 Å². The summed E-state index contributed by atoms with van der Waals surface area (Å²) in [5, 5.41) is 0. The van der Waals surface area contributed by atoms with E-state index in [9.17, 15) is 0 Å². The number of hydrogen-bond donors (Lipinski definition) is 0. The Kier molecular flexibility index (Phi) is 4.23. The highest BCUT2D eigenvalue weighted by molar-refractivity contribution is 5.35. The van der Waals surface area contributed by atoms with Gasteiger partial charge in [0.15, 0.2) is 0 Å². The zero-order valence-electron chi connectivity index (χ0n) is 16.2. The van der Waals surface area contributed by atoms with Crippen LogP contribution in [0, 0.1) is 28.6 Å². The molecule has 1 heteroatoms. The molecule has 4 rings (SSSR count). The Hall–Kier alpha value is -0.560. The lowest BCUT2D eigenvalue weighted by atomic mass is 9.46. The van der Waals surface area contributed by atoms with Crippen LogP contribution in [0.15, 0.2) is 23.3 Å². The van der Waals surface area contributed by atoms with Crippen molar-refractivity contribution in [1.29, 1.82) is 0 Å². The minimum Gasteiger partial charge on any atom is -0.373 e. The topological polar surface area (TPSA) is 12.5 Å². The maximum Gasteiger partial charge on any atom is 0.0810 e. The maximum atomic E-state index is 5.51. The van der Waals surface area contributed by atoms with Crippen LogP contribution < -0.4 is 0 Å². The predicted molar refractivity (Wildman–Crippen MR) is 101 cm³/mol. The first-order valence-corrected chi connectivity index (χ1v) is 10.4. The van der Waals surface area contributed by atoms with Crippen LogP contribution in [0.1, 0.15) is 79.1 Å². The van der Waals surface area contributed by atoms with Crippen molar-refractivity contribution in [2.75, 3.05) is 6.61 Å². The summed E-state index contributed by atoms with van der Waals surface area (Å²) in [6.07, 6.45) is 16.8. The van der Waals surface area contributed by atoms with Gasteiger partial charge in [-0.15, -0.1) is 0 Å². The summed E-state index contributed by atoms with van der Waals surface area (Å²) in [7, 11) is 0. The molecule has 0 bridgehead atoms. The second-order valence-electron chi connectivity index (χ2n) is 9.97. The van der Waals surface area contributed by atoms with Crippen molar-refractivity contribution < 1.29 is 4.74 Å². The molecule has 0 aromatic rings. The van der Waals surface area contributed by atoms with Gasteiger partial charge >= 0.3 is 0 Å². The number of fused-ring (bicyclic) bond motifs is 3. The van der Waals surface area contributed by atoms with Gasteiger partial charge in [0.1, 0.15) is 0 Å². The average molecular weight is 329 g/mol. The molecular weight excluding hydrogens is 292 g/mol. The Labute approximate surface area is 148 Å². The lowest BCUT2D eigenvalue weighted by molar-refractivity contribution is -0.0544. The van der Waals surface area contributed by atoms with Crippen LogP contribution in [0.2, 0.25) is 0 Å². The molecule has 0 N–H and O–H groups in total. The van der Waals surface area contributed by atoms with Gasteiger partial charge in [0.05, 0.1) is 12.7 Å². The summed E-state index contributed by atoms with van der Waals surface area (Å²) in [4.78, 5) is 0. The minimum absolute atomic E-state index is 0.528. The van der Waals surface area contributed by atoms with Crippen LogP contribution in [0.5, 0.6) is 0 Å². The summed E-state index contributed by atoms with van der Waals surface area (Å²) in [5.74, 6) is 2.41. The quantitative estimate of drug-likeness (QED) is 0.552. The van der Waals surface area contributed by atoms with Gasteiger partial charge in [0.25, 0.3) is 0 Å². The molecule has 2 fully saturated rings.